The number of rotatable bonds is 4. The highest BCUT2D eigenvalue weighted by Gasteiger charge is 2.44. The Morgan fingerprint density at radius 3 is 2.52 bits per heavy atom. The summed E-state index contributed by atoms with van der Waals surface area (Å²) in [5, 5.41) is 37.3. The van der Waals surface area contributed by atoms with Crippen molar-refractivity contribution in [1.29, 1.82) is 0 Å². The number of ether oxygens (including phenoxy) is 1. The molecule has 1 fully saturated rings. The molecule has 0 aliphatic carbocycles. The number of aliphatic hydroxyl groups is 3. The minimum absolute atomic E-state index is 0.352. The molecule has 4 atom stereocenters. The largest absolute Gasteiger partial charge is 0.468 e. The van der Waals surface area contributed by atoms with Gasteiger partial charge in [0, 0.05) is 12.6 Å². The highest BCUT2D eigenvalue weighted by Crippen LogP contribution is 2.18. The van der Waals surface area contributed by atoms with Crippen LogP contribution < -0.4 is 10.6 Å². The molecule has 0 radical (unpaired) electrons. The van der Waals surface area contributed by atoms with Crippen molar-refractivity contribution in [2.45, 2.75) is 31.3 Å². The third-order valence-electron chi connectivity index (χ3n) is 3.39. The summed E-state index contributed by atoms with van der Waals surface area (Å²) in [6, 6.07) is 7.22. The van der Waals surface area contributed by atoms with Crippen molar-refractivity contribution in [1.82, 2.24) is 5.32 Å². The van der Waals surface area contributed by atoms with Crippen LogP contribution in [0.2, 0.25) is 0 Å². The first-order valence-electron chi connectivity index (χ1n) is 7.44. The molecule has 1 heterocycles. The van der Waals surface area contributed by atoms with Gasteiger partial charge in [-0.25, -0.2) is 4.79 Å². The summed E-state index contributed by atoms with van der Waals surface area (Å²) < 4.78 is 5.20. The van der Waals surface area contributed by atoms with Crippen molar-refractivity contribution in [3.63, 3.8) is 0 Å². The number of carbonyl (C=O) groups excluding carboxylic acids is 2. The van der Waals surface area contributed by atoms with Crippen molar-refractivity contribution in [3.8, 4) is 0 Å². The van der Waals surface area contributed by atoms with Gasteiger partial charge in [-0.3, -0.25) is 14.9 Å². The summed E-state index contributed by atoms with van der Waals surface area (Å²) >= 11 is 0. The Kier molecular flexibility index (Phi) is 6.28. The number of carbonyl (C=O) groups is 2. The van der Waals surface area contributed by atoms with Crippen molar-refractivity contribution in [2.24, 2.45) is 5.16 Å². The minimum atomic E-state index is -1.51. The van der Waals surface area contributed by atoms with Gasteiger partial charge in [0.1, 0.15) is 18.2 Å². The number of nitrogens with one attached hydrogen (secondary N) is 2. The smallest absolute Gasteiger partial charge is 0.437 e. The minimum Gasteiger partial charge on any atom is -0.468 e. The van der Waals surface area contributed by atoms with E-state index in [1.165, 1.54) is 6.92 Å². The molecule has 2 unspecified atom stereocenters. The van der Waals surface area contributed by atoms with E-state index >= 15 is 0 Å². The summed E-state index contributed by atoms with van der Waals surface area (Å²) in [4.78, 5) is 27.7. The average Bonchev–Trinajstić information content (AvgIpc) is 2.59. The topological polar surface area (TPSA) is 150 Å². The molecule has 2 amide bonds. The van der Waals surface area contributed by atoms with Crippen molar-refractivity contribution in [2.75, 3.05) is 11.9 Å². The predicted molar refractivity (Wildman–Crippen MR) is 85.6 cm³/mol. The first-order valence-corrected chi connectivity index (χ1v) is 7.44. The van der Waals surface area contributed by atoms with Crippen LogP contribution in [-0.4, -0.2) is 64.2 Å². The average molecular weight is 353 g/mol. The van der Waals surface area contributed by atoms with Crippen molar-refractivity contribution >= 4 is 23.6 Å². The molecule has 10 nitrogen and oxygen atoms in total. The van der Waals surface area contributed by atoms with Crippen LogP contribution in [0, 0.1) is 0 Å². The lowest BCUT2D eigenvalue weighted by atomic mass is 9.97. The van der Waals surface area contributed by atoms with E-state index in [1.54, 1.807) is 30.3 Å². The molecule has 1 aromatic carbocycles. The second-order valence-electron chi connectivity index (χ2n) is 5.30. The van der Waals surface area contributed by atoms with Gasteiger partial charge in [-0.15, -0.1) is 0 Å². The van der Waals surface area contributed by atoms with Gasteiger partial charge >= 0.3 is 6.09 Å². The fraction of sp³-hybridized carbons (Fsp3) is 0.400. The normalized spacial score (nSPS) is 27.3. The van der Waals surface area contributed by atoms with Gasteiger partial charge in [0.15, 0.2) is 6.10 Å². The molecule has 136 valence electrons. The van der Waals surface area contributed by atoms with E-state index in [2.05, 4.69) is 20.6 Å². The van der Waals surface area contributed by atoms with Gasteiger partial charge in [-0.2, -0.15) is 0 Å². The van der Waals surface area contributed by atoms with Gasteiger partial charge in [-0.05, 0) is 17.3 Å². The van der Waals surface area contributed by atoms with Gasteiger partial charge < -0.3 is 25.4 Å². The molecule has 5 N–H and O–H groups in total. The molecule has 0 aromatic heterocycles. The second-order valence-corrected chi connectivity index (χ2v) is 5.30. The fourth-order valence-electron chi connectivity index (χ4n) is 2.20. The summed E-state index contributed by atoms with van der Waals surface area (Å²) in [5.74, 6) is -0.876. The van der Waals surface area contributed by atoms with Gasteiger partial charge in [0.25, 0.3) is 5.90 Å². The Labute approximate surface area is 143 Å². The SMILES string of the molecule is CC(=O)N[C@H]1C(=NOC(=O)Nc2ccccc2)O[C@H](CO)C(O)C1O. The van der Waals surface area contributed by atoms with E-state index in [0.29, 0.717) is 5.69 Å². The Morgan fingerprint density at radius 1 is 1.24 bits per heavy atom. The molecular weight excluding hydrogens is 334 g/mol. The van der Waals surface area contributed by atoms with Crippen LogP contribution in [0.4, 0.5) is 10.5 Å². The van der Waals surface area contributed by atoms with Crippen LogP contribution in [0.3, 0.4) is 0 Å². The van der Waals surface area contributed by atoms with E-state index in [0.717, 1.165) is 0 Å². The zero-order chi connectivity index (χ0) is 18.4. The Hall–Kier alpha value is -2.69. The van der Waals surface area contributed by atoms with Crippen LogP contribution >= 0.6 is 0 Å². The number of para-hydroxylation sites is 1. The zero-order valence-electron chi connectivity index (χ0n) is 13.3. The summed E-state index contributed by atoms with van der Waals surface area (Å²) in [6.07, 6.45) is -5.07. The first-order chi connectivity index (χ1) is 11.9. The van der Waals surface area contributed by atoms with Crippen LogP contribution in [-0.2, 0) is 14.4 Å². The maximum Gasteiger partial charge on any atom is 0.437 e. The quantitative estimate of drug-likeness (QED) is 0.350. The number of benzene rings is 1. The monoisotopic (exact) mass is 353 g/mol. The number of oxime groups is 1. The lowest BCUT2D eigenvalue weighted by molar-refractivity contribution is -0.126. The standard InChI is InChI=1S/C15H19N3O7/c1-8(20)16-11-13(22)12(21)10(7-19)24-14(11)18-25-15(23)17-9-5-3-2-4-6-9/h2-6,10-13,19,21-22H,7H2,1H3,(H,16,20)(H,17,23)/t10-,11-,12?,13?/m1/s1. The molecular formula is C15H19N3O7. The fourth-order valence-corrected chi connectivity index (χ4v) is 2.20. The number of hydrogen-bond donors (Lipinski definition) is 5. The lowest BCUT2D eigenvalue weighted by Gasteiger charge is -2.37. The third kappa shape index (κ3) is 4.89. The Bertz CT molecular complexity index is 637. The van der Waals surface area contributed by atoms with Crippen LogP contribution in [0.5, 0.6) is 0 Å². The van der Waals surface area contributed by atoms with Crippen molar-refractivity contribution in [3.05, 3.63) is 30.3 Å². The molecule has 1 aromatic rings. The Morgan fingerprint density at radius 2 is 1.92 bits per heavy atom. The van der Waals surface area contributed by atoms with E-state index in [4.69, 9.17) is 4.74 Å². The molecule has 0 saturated carbocycles. The first kappa shape index (κ1) is 18.6. The van der Waals surface area contributed by atoms with E-state index in [1.807, 2.05) is 0 Å². The Balaban J connectivity index is 2.09. The van der Waals surface area contributed by atoms with Gasteiger partial charge in [0.05, 0.1) is 6.61 Å². The van der Waals surface area contributed by atoms with Crippen LogP contribution in [0.1, 0.15) is 6.92 Å². The lowest BCUT2D eigenvalue weighted by Crippen LogP contribution is -2.62. The molecule has 1 aliphatic rings. The third-order valence-corrected chi connectivity index (χ3v) is 3.39. The number of hydrogen-bond acceptors (Lipinski definition) is 8. The van der Waals surface area contributed by atoms with E-state index < -0.39 is 43.0 Å². The van der Waals surface area contributed by atoms with Crippen LogP contribution in [0.25, 0.3) is 0 Å². The summed E-state index contributed by atoms with van der Waals surface area (Å²) in [7, 11) is 0. The van der Waals surface area contributed by atoms with Crippen LogP contribution in [0.15, 0.2) is 35.5 Å². The predicted octanol–water partition coefficient (Wildman–Crippen LogP) is -0.834. The molecule has 2 rings (SSSR count). The highest BCUT2D eigenvalue weighted by atomic mass is 16.7. The maximum absolute atomic E-state index is 11.7. The van der Waals surface area contributed by atoms with E-state index in [9.17, 15) is 24.9 Å². The molecule has 10 heteroatoms. The molecule has 0 spiro atoms. The van der Waals surface area contributed by atoms with E-state index in [-0.39, 0.29) is 5.90 Å². The number of anilines is 1. The highest BCUT2D eigenvalue weighted by molar-refractivity contribution is 5.89. The molecule has 25 heavy (non-hydrogen) atoms. The molecule has 0 bridgehead atoms. The maximum atomic E-state index is 11.7. The molecule has 1 aliphatic heterocycles. The number of nitrogens with zero attached hydrogens (tertiary/aromatic N) is 1. The second kappa shape index (κ2) is 8.42. The zero-order valence-corrected chi connectivity index (χ0v) is 13.3. The van der Waals surface area contributed by atoms with Gasteiger partial charge in [0.2, 0.25) is 5.91 Å². The van der Waals surface area contributed by atoms with Gasteiger partial charge in [-0.1, -0.05) is 18.2 Å². The number of aliphatic hydroxyl groups excluding tert-OH is 3. The summed E-state index contributed by atoms with van der Waals surface area (Å²) in [6.45, 7) is 0.581. The molecule has 1 saturated heterocycles. The summed E-state index contributed by atoms with van der Waals surface area (Å²) in [5.41, 5.74) is 0.472. The number of amides is 2. The van der Waals surface area contributed by atoms with Crippen molar-refractivity contribution < 1.29 is 34.5 Å².